The highest BCUT2D eigenvalue weighted by atomic mass is 16.2. The maximum Gasteiger partial charge on any atom is 0.222 e. The van der Waals surface area contributed by atoms with E-state index in [-0.39, 0.29) is 5.91 Å². The Morgan fingerprint density at radius 1 is 1.07 bits per heavy atom. The van der Waals surface area contributed by atoms with Gasteiger partial charge >= 0.3 is 0 Å². The maximum atomic E-state index is 11.8. The molecule has 8 heteroatoms. The molecule has 0 bridgehead atoms. The summed E-state index contributed by atoms with van der Waals surface area (Å²) in [6, 6.07) is 3.87. The van der Waals surface area contributed by atoms with E-state index >= 15 is 0 Å². The standard InChI is InChI=1S/C21H23N7O/c29-19-7-3-9-27(19)10-11-28-14-16(13-23-28)24-21-17-5-1-6-18(17)25-20(26-21)15-4-2-8-22-12-15/h2,4,8,12-14H,1,3,5-7,9-11H2,(H,24,25,26). The van der Waals surface area contributed by atoms with Gasteiger partial charge in [0.15, 0.2) is 5.82 Å². The lowest BCUT2D eigenvalue weighted by atomic mass is 10.2. The van der Waals surface area contributed by atoms with Crippen molar-refractivity contribution in [2.45, 2.75) is 38.6 Å². The Morgan fingerprint density at radius 3 is 2.86 bits per heavy atom. The van der Waals surface area contributed by atoms with Gasteiger partial charge in [-0.05, 0) is 37.8 Å². The number of carbonyl (C=O) groups excluding carboxylic acids is 1. The summed E-state index contributed by atoms with van der Waals surface area (Å²) in [6.45, 7) is 2.25. The highest BCUT2D eigenvalue weighted by molar-refractivity contribution is 5.78. The number of carbonyl (C=O) groups is 1. The second kappa shape index (κ2) is 7.62. The monoisotopic (exact) mass is 389 g/mol. The molecule has 4 heterocycles. The Balaban J connectivity index is 1.34. The van der Waals surface area contributed by atoms with E-state index < -0.39 is 0 Å². The van der Waals surface area contributed by atoms with Crippen molar-refractivity contribution in [3.8, 4) is 11.4 Å². The maximum absolute atomic E-state index is 11.8. The molecule has 1 aliphatic carbocycles. The van der Waals surface area contributed by atoms with E-state index in [4.69, 9.17) is 9.97 Å². The molecule has 0 unspecified atom stereocenters. The molecule has 1 N–H and O–H groups in total. The zero-order valence-corrected chi connectivity index (χ0v) is 16.2. The molecule has 3 aromatic rings. The van der Waals surface area contributed by atoms with Crippen LogP contribution in [0.15, 0.2) is 36.9 Å². The molecule has 0 radical (unpaired) electrons. The summed E-state index contributed by atoms with van der Waals surface area (Å²) in [5, 5.41) is 7.87. The van der Waals surface area contributed by atoms with Crippen molar-refractivity contribution in [3.05, 3.63) is 48.2 Å². The second-order valence-corrected chi connectivity index (χ2v) is 7.52. The van der Waals surface area contributed by atoms with Crippen LogP contribution in [0.25, 0.3) is 11.4 Å². The molecule has 3 aromatic heterocycles. The van der Waals surface area contributed by atoms with Crippen LogP contribution in [-0.2, 0) is 24.2 Å². The fourth-order valence-electron chi connectivity index (χ4n) is 4.01. The summed E-state index contributed by atoms with van der Waals surface area (Å²) in [5.41, 5.74) is 4.10. The van der Waals surface area contributed by atoms with Gasteiger partial charge in [-0.1, -0.05) is 0 Å². The van der Waals surface area contributed by atoms with Crippen molar-refractivity contribution in [2.75, 3.05) is 18.4 Å². The number of amides is 1. The molecule has 148 valence electrons. The SMILES string of the molecule is O=C1CCCN1CCn1cc(Nc2nc(-c3cccnc3)nc3c2CCC3)cn1. The van der Waals surface area contributed by atoms with Gasteiger partial charge in [0.1, 0.15) is 5.82 Å². The van der Waals surface area contributed by atoms with Gasteiger partial charge < -0.3 is 10.2 Å². The average molecular weight is 389 g/mol. The Kier molecular flexibility index (Phi) is 4.67. The lowest BCUT2D eigenvalue weighted by Crippen LogP contribution is -2.28. The van der Waals surface area contributed by atoms with E-state index in [0.29, 0.717) is 25.3 Å². The third kappa shape index (κ3) is 3.70. The van der Waals surface area contributed by atoms with Gasteiger partial charge in [-0.3, -0.25) is 14.5 Å². The minimum Gasteiger partial charge on any atom is -0.341 e. The van der Waals surface area contributed by atoms with Crippen molar-refractivity contribution in [2.24, 2.45) is 0 Å². The minimum atomic E-state index is 0.245. The number of aromatic nitrogens is 5. The van der Waals surface area contributed by atoms with Crippen molar-refractivity contribution in [3.63, 3.8) is 0 Å². The van der Waals surface area contributed by atoms with Crippen LogP contribution >= 0.6 is 0 Å². The number of hydrogen-bond acceptors (Lipinski definition) is 6. The van der Waals surface area contributed by atoms with Gasteiger partial charge in [-0.15, -0.1) is 0 Å². The van der Waals surface area contributed by atoms with Gasteiger partial charge in [0.2, 0.25) is 5.91 Å². The molecule has 29 heavy (non-hydrogen) atoms. The molecule has 0 spiro atoms. The van der Waals surface area contributed by atoms with Gasteiger partial charge in [0.05, 0.1) is 18.4 Å². The molecule has 2 aliphatic rings. The van der Waals surface area contributed by atoms with Gasteiger partial charge in [0, 0.05) is 54.9 Å². The molecule has 0 aromatic carbocycles. The number of nitrogens with zero attached hydrogens (tertiary/aromatic N) is 6. The number of rotatable bonds is 6. The van der Waals surface area contributed by atoms with Crippen molar-refractivity contribution < 1.29 is 4.79 Å². The van der Waals surface area contributed by atoms with Gasteiger partial charge in [0.25, 0.3) is 0 Å². The van der Waals surface area contributed by atoms with Crippen LogP contribution in [0.4, 0.5) is 11.5 Å². The molecular weight excluding hydrogens is 366 g/mol. The van der Waals surface area contributed by atoms with Gasteiger partial charge in [-0.25, -0.2) is 9.97 Å². The van der Waals surface area contributed by atoms with E-state index in [2.05, 4.69) is 15.4 Å². The summed E-state index contributed by atoms with van der Waals surface area (Å²) in [7, 11) is 0. The van der Waals surface area contributed by atoms with Crippen LogP contribution in [0.5, 0.6) is 0 Å². The number of pyridine rings is 1. The van der Waals surface area contributed by atoms with Crippen LogP contribution in [-0.4, -0.2) is 48.6 Å². The second-order valence-electron chi connectivity index (χ2n) is 7.52. The fraction of sp³-hybridized carbons (Fsp3) is 0.381. The molecule has 1 aliphatic heterocycles. The quantitative estimate of drug-likeness (QED) is 0.697. The van der Waals surface area contributed by atoms with Gasteiger partial charge in [-0.2, -0.15) is 5.10 Å². The predicted octanol–water partition coefficient (Wildman–Crippen LogP) is 2.59. The van der Waals surface area contributed by atoms with E-state index in [0.717, 1.165) is 55.0 Å². The third-order valence-electron chi connectivity index (χ3n) is 5.52. The summed E-state index contributed by atoms with van der Waals surface area (Å²) in [6.07, 6.45) is 12.0. The van der Waals surface area contributed by atoms with E-state index in [9.17, 15) is 4.79 Å². The smallest absolute Gasteiger partial charge is 0.222 e. The topological polar surface area (TPSA) is 88.8 Å². The van der Waals surface area contributed by atoms with Crippen LogP contribution in [0.1, 0.15) is 30.5 Å². The Morgan fingerprint density at radius 2 is 2.03 bits per heavy atom. The number of fused-ring (bicyclic) bond motifs is 1. The number of hydrogen-bond donors (Lipinski definition) is 1. The first-order valence-corrected chi connectivity index (χ1v) is 10.1. The lowest BCUT2D eigenvalue weighted by molar-refractivity contribution is -0.127. The first kappa shape index (κ1) is 17.8. The van der Waals surface area contributed by atoms with Crippen LogP contribution in [0, 0.1) is 0 Å². The summed E-state index contributed by atoms with van der Waals surface area (Å²) < 4.78 is 1.87. The van der Waals surface area contributed by atoms with E-state index in [1.807, 2.05) is 27.9 Å². The highest BCUT2D eigenvalue weighted by Gasteiger charge is 2.21. The summed E-state index contributed by atoms with van der Waals surface area (Å²) >= 11 is 0. The molecule has 1 amide bonds. The van der Waals surface area contributed by atoms with Crippen LogP contribution in [0.3, 0.4) is 0 Å². The predicted molar refractivity (Wildman–Crippen MR) is 109 cm³/mol. The van der Waals surface area contributed by atoms with Crippen LogP contribution < -0.4 is 5.32 Å². The summed E-state index contributed by atoms with van der Waals surface area (Å²) in [5.74, 6) is 1.79. The number of likely N-dealkylation sites (tertiary alicyclic amines) is 1. The highest BCUT2D eigenvalue weighted by Crippen LogP contribution is 2.30. The molecule has 0 saturated carbocycles. The lowest BCUT2D eigenvalue weighted by Gasteiger charge is -2.14. The molecule has 1 fully saturated rings. The summed E-state index contributed by atoms with van der Waals surface area (Å²) in [4.78, 5) is 27.4. The normalized spacial score (nSPS) is 15.7. The Hall–Kier alpha value is -3.29. The minimum absolute atomic E-state index is 0.245. The number of aryl methyl sites for hydroxylation is 1. The van der Waals surface area contributed by atoms with Crippen LogP contribution in [0.2, 0.25) is 0 Å². The average Bonchev–Trinajstić information content (AvgIpc) is 3.48. The van der Waals surface area contributed by atoms with E-state index in [1.54, 1.807) is 18.6 Å². The molecule has 8 nitrogen and oxygen atoms in total. The van der Waals surface area contributed by atoms with Crippen molar-refractivity contribution in [1.82, 2.24) is 29.6 Å². The number of anilines is 2. The van der Waals surface area contributed by atoms with Crippen molar-refractivity contribution >= 4 is 17.4 Å². The Bertz CT molecular complexity index is 1030. The van der Waals surface area contributed by atoms with E-state index in [1.165, 1.54) is 5.56 Å². The largest absolute Gasteiger partial charge is 0.341 e. The first-order valence-electron chi connectivity index (χ1n) is 10.1. The molecule has 0 atom stereocenters. The molecule has 1 saturated heterocycles. The zero-order valence-electron chi connectivity index (χ0n) is 16.2. The zero-order chi connectivity index (χ0) is 19.6. The Labute approximate surface area is 169 Å². The number of nitrogens with one attached hydrogen (secondary N) is 1. The van der Waals surface area contributed by atoms with Crippen molar-refractivity contribution in [1.29, 1.82) is 0 Å². The molecule has 5 rings (SSSR count). The fourth-order valence-corrected chi connectivity index (χ4v) is 4.01. The first-order chi connectivity index (χ1) is 14.3. The molecular formula is C21H23N7O. The third-order valence-corrected chi connectivity index (χ3v) is 5.52.